The molecule has 0 aliphatic rings. The van der Waals surface area contributed by atoms with Crippen LogP contribution in [0, 0.1) is 6.92 Å². The molecule has 3 heteroatoms. The fraction of sp³-hybridized carbons (Fsp3) is 0.308. The molecule has 1 aromatic rings. The van der Waals surface area contributed by atoms with Crippen LogP contribution in [0.5, 0.6) is 0 Å². The van der Waals surface area contributed by atoms with Crippen LogP contribution in [-0.2, 0) is 0 Å². The van der Waals surface area contributed by atoms with Crippen LogP contribution in [0.4, 0.5) is 0 Å². The van der Waals surface area contributed by atoms with Gasteiger partial charge < -0.3 is 4.90 Å². The fourth-order valence-corrected chi connectivity index (χ4v) is 2.14. The van der Waals surface area contributed by atoms with E-state index in [4.69, 9.17) is 0 Å². The number of nitrogens with zero attached hydrogens (tertiary/aromatic N) is 1. The predicted octanol–water partition coefficient (Wildman–Crippen LogP) is 3.41. The molecule has 2 nitrogen and oxygen atoms in total. The molecular formula is C13H16BrNO. The molecule has 16 heavy (non-hydrogen) atoms. The highest BCUT2D eigenvalue weighted by molar-refractivity contribution is 9.10. The Kier molecular flexibility index (Phi) is 4.74. The fourth-order valence-electron chi connectivity index (χ4n) is 1.48. The summed E-state index contributed by atoms with van der Waals surface area (Å²) in [6.45, 7) is 8.88. The molecular weight excluding hydrogens is 266 g/mol. The van der Waals surface area contributed by atoms with Gasteiger partial charge in [-0.15, -0.1) is 6.58 Å². The highest BCUT2D eigenvalue weighted by atomic mass is 79.9. The molecule has 0 radical (unpaired) electrons. The van der Waals surface area contributed by atoms with Crippen LogP contribution in [0.15, 0.2) is 35.3 Å². The number of rotatable bonds is 4. The van der Waals surface area contributed by atoms with Gasteiger partial charge >= 0.3 is 0 Å². The van der Waals surface area contributed by atoms with Crippen LogP contribution in [0.2, 0.25) is 0 Å². The highest BCUT2D eigenvalue weighted by Crippen LogP contribution is 2.20. The van der Waals surface area contributed by atoms with E-state index < -0.39 is 0 Å². The number of aryl methyl sites for hydroxylation is 1. The molecule has 0 atom stereocenters. The number of amides is 1. The first-order valence-corrected chi connectivity index (χ1v) is 6.05. The molecule has 0 fully saturated rings. The van der Waals surface area contributed by atoms with Gasteiger partial charge in [-0.25, -0.2) is 0 Å². The Labute approximate surface area is 105 Å². The third-order valence-corrected chi connectivity index (χ3v) is 3.03. The molecule has 0 unspecified atom stereocenters. The first-order chi connectivity index (χ1) is 7.60. The summed E-state index contributed by atoms with van der Waals surface area (Å²) >= 11 is 3.42. The maximum Gasteiger partial charge on any atom is 0.255 e. The molecule has 1 amide bonds. The standard InChI is InChI=1S/C13H16BrNO/c1-4-8-15(5-2)13(16)11-7-6-10(3)9-12(11)14/h4,6-7,9H,1,5,8H2,2-3H3. The van der Waals surface area contributed by atoms with E-state index in [0.29, 0.717) is 18.7 Å². The molecule has 86 valence electrons. The van der Waals surface area contributed by atoms with Crippen LogP contribution >= 0.6 is 15.9 Å². The minimum absolute atomic E-state index is 0.0364. The number of likely N-dealkylation sites (N-methyl/N-ethyl adjacent to an activating group) is 1. The number of hydrogen-bond acceptors (Lipinski definition) is 1. The van der Waals surface area contributed by atoms with Crippen molar-refractivity contribution in [2.75, 3.05) is 13.1 Å². The second kappa shape index (κ2) is 5.85. The zero-order valence-electron chi connectivity index (χ0n) is 9.66. The topological polar surface area (TPSA) is 20.3 Å². The predicted molar refractivity (Wildman–Crippen MR) is 70.7 cm³/mol. The summed E-state index contributed by atoms with van der Waals surface area (Å²) in [5.41, 5.74) is 1.84. The lowest BCUT2D eigenvalue weighted by Crippen LogP contribution is -2.31. The highest BCUT2D eigenvalue weighted by Gasteiger charge is 2.15. The van der Waals surface area contributed by atoms with Gasteiger partial charge in [0.2, 0.25) is 0 Å². The molecule has 0 saturated heterocycles. The van der Waals surface area contributed by atoms with Crippen molar-refractivity contribution in [1.82, 2.24) is 4.90 Å². The van der Waals surface area contributed by atoms with Gasteiger partial charge in [0.25, 0.3) is 5.91 Å². The molecule has 0 N–H and O–H groups in total. The molecule has 0 aliphatic heterocycles. The summed E-state index contributed by atoms with van der Waals surface area (Å²) in [6, 6.07) is 5.75. The molecule has 0 spiro atoms. The minimum atomic E-state index is 0.0364. The van der Waals surface area contributed by atoms with Crippen molar-refractivity contribution in [3.8, 4) is 0 Å². The third-order valence-electron chi connectivity index (χ3n) is 2.37. The average Bonchev–Trinajstić information content (AvgIpc) is 2.25. The smallest absolute Gasteiger partial charge is 0.255 e. The Bertz CT molecular complexity index is 401. The quantitative estimate of drug-likeness (QED) is 0.775. The van der Waals surface area contributed by atoms with Gasteiger partial charge in [-0.05, 0) is 47.5 Å². The Morgan fingerprint density at radius 2 is 2.25 bits per heavy atom. The normalized spacial score (nSPS) is 9.94. The SMILES string of the molecule is C=CCN(CC)C(=O)c1ccc(C)cc1Br. The van der Waals surface area contributed by atoms with E-state index in [1.54, 1.807) is 11.0 Å². The molecule has 1 rings (SSSR count). The number of hydrogen-bond donors (Lipinski definition) is 0. The second-order valence-corrected chi connectivity index (χ2v) is 4.47. The summed E-state index contributed by atoms with van der Waals surface area (Å²) in [7, 11) is 0. The average molecular weight is 282 g/mol. The molecule has 0 heterocycles. The maximum atomic E-state index is 12.1. The minimum Gasteiger partial charge on any atom is -0.335 e. The summed E-state index contributed by atoms with van der Waals surface area (Å²) in [6.07, 6.45) is 1.74. The van der Waals surface area contributed by atoms with Gasteiger partial charge in [-0.1, -0.05) is 12.1 Å². The zero-order valence-corrected chi connectivity index (χ0v) is 11.3. The lowest BCUT2D eigenvalue weighted by molar-refractivity contribution is 0.0781. The number of halogens is 1. The van der Waals surface area contributed by atoms with E-state index in [2.05, 4.69) is 22.5 Å². The largest absolute Gasteiger partial charge is 0.335 e. The van der Waals surface area contributed by atoms with Gasteiger partial charge in [-0.2, -0.15) is 0 Å². The molecule has 1 aromatic carbocycles. The van der Waals surface area contributed by atoms with E-state index in [1.165, 1.54) is 0 Å². The van der Waals surface area contributed by atoms with Crippen LogP contribution in [0.25, 0.3) is 0 Å². The van der Waals surface area contributed by atoms with E-state index in [9.17, 15) is 4.79 Å². The molecule has 0 aliphatic carbocycles. The third kappa shape index (κ3) is 2.95. The van der Waals surface area contributed by atoms with Crippen molar-refractivity contribution in [3.63, 3.8) is 0 Å². The summed E-state index contributed by atoms with van der Waals surface area (Å²) in [5.74, 6) is 0.0364. The molecule has 0 aromatic heterocycles. The monoisotopic (exact) mass is 281 g/mol. The summed E-state index contributed by atoms with van der Waals surface area (Å²) < 4.78 is 0.847. The van der Waals surface area contributed by atoms with Crippen molar-refractivity contribution < 1.29 is 4.79 Å². The van der Waals surface area contributed by atoms with Gasteiger partial charge in [-0.3, -0.25) is 4.79 Å². The number of benzene rings is 1. The maximum absolute atomic E-state index is 12.1. The molecule has 0 bridgehead atoms. The van der Waals surface area contributed by atoms with Crippen molar-refractivity contribution >= 4 is 21.8 Å². The lowest BCUT2D eigenvalue weighted by Gasteiger charge is -2.19. The van der Waals surface area contributed by atoms with Gasteiger partial charge in [0.1, 0.15) is 0 Å². The van der Waals surface area contributed by atoms with E-state index in [0.717, 1.165) is 10.0 Å². The second-order valence-electron chi connectivity index (χ2n) is 3.62. The number of carbonyl (C=O) groups is 1. The van der Waals surface area contributed by atoms with Gasteiger partial charge in [0, 0.05) is 17.6 Å². The van der Waals surface area contributed by atoms with Crippen LogP contribution in [0.1, 0.15) is 22.8 Å². The Morgan fingerprint density at radius 1 is 1.56 bits per heavy atom. The summed E-state index contributed by atoms with van der Waals surface area (Å²) in [4.78, 5) is 13.9. The van der Waals surface area contributed by atoms with E-state index in [1.807, 2.05) is 32.0 Å². The summed E-state index contributed by atoms with van der Waals surface area (Å²) in [5, 5.41) is 0. The lowest BCUT2D eigenvalue weighted by atomic mass is 10.1. The van der Waals surface area contributed by atoms with E-state index >= 15 is 0 Å². The molecule has 0 saturated carbocycles. The Morgan fingerprint density at radius 3 is 2.75 bits per heavy atom. The van der Waals surface area contributed by atoms with Crippen molar-refractivity contribution in [3.05, 3.63) is 46.5 Å². The zero-order chi connectivity index (χ0) is 12.1. The van der Waals surface area contributed by atoms with E-state index in [-0.39, 0.29) is 5.91 Å². The van der Waals surface area contributed by atoms with Gasteiger partial charge in [0.05, 0.1) is 5.56 Å². The van der Waals surface area contributed by atoms with Crippen LogP contribution in [0.3, 0.4) is 0 Å². The van der Waals surface area contributed by atoms with Crippen molar-refractivity contribution in [2.45, 2.75) is 13.8 Å². The van der Waals surface area contributed by atoms with Crippen LogP contribution in [-0.4, -0.2) is 23.9 Å². The van der Waals surface area contributed by atoms with Crippen molar-refractivity contribution in [2.24, 2.45) is 0 Å². The Hall–Kier alpha value is -1.09. The van der Waals surface area contributed by atoms with Gasteiger partial charge in [0.15, 0.2) is 0 Å². The first kappa shape index (κ1) is 13.0. The van der Waals surface area contributed by atoms with Crippen LogP contribution < -0.4 is 0 Å². The van der Waals surface area contributed by atoms with Crippen molar-refractivity contribution in [1.29, 1.82) is 0 Å². The number of carbonyl (C=O) groups excluding carboxylic acids is 1. The Balaban J connectivity index is 2.98. The first-order valence-electron chi connectivity index (χ1n) is 5.26.